The number of hydrogen-bond donors (Lipinski definition) is 2. The fraction of sp³-hybridized carbons (Fsp3) is 0.500. The van der Waals surface area contributed by atoms with Crippen molar-refractivity contribution in [2.45, 2.75) is 19.4 Å². The third-order valence-electron chi connectivity index (χ3n) is 2.20. The van der Waals surface area contributed by atoms with Gasteiger partial charge in [0.1, 0.15) is 0 Å². The molecular weight excluding hydrogens is 204 g/mol. The van der Waals surface area contributed by atoms with Crippen molar-refractivity contribution in [3.63, 3.8) is 0 Å². The lowest BCUT2D eigenvalue weighted by Crippen LogP contribution is -2.33. The SMILES string of the molecule is CSN[C@H](C)CNCCc1ccccc1. The molecule has 1 atom stereocenters. The second-order valence-electron chi connectivity index (χ2n) is 3.66. The van der Waals surface area contributed by atoms with Crippen molar-refractivity contribution in [3.8, 4) is 0 Å². The van der Waals surface area contributed by atoms with Gasteiger partial charge in [-0.25, -0.2) is 0 Å². The maximum atomic E-state index is 3.44. The van der Waals surface area contributed by atoms with E-state index in [0.717, 1.165) is 19.5 Å². The van der Waals surface area contributed by atoms with Gasteiger partial charge in [-0.1, -0.05) is 42.3 Å². The Morgan fingerprint density at radius 2 is 2.00 bits per heavy atom. The van der Waals surface area contributed by atoms with Crippen molar-refractivity contribution in [3.05, 3.63) is 35.9 Å². The monoisotopic (exact) mass is 224 g/mol. The average molecular weight is 224 g/mol. The standard InChI is InChI=1S/C12H20N2S/c1-11(14-15-2)10-13-9-8-12-6-4-3-5-7-12/h3-7,11,13-14H,8-10H2,1-2H3/t11-/m1/s1. The summed E-state index contributed by atoms with van der Waals surface area (Å²) in [4.78, 5) is 0. The molecule has 0 bridgehead atoms. The molecule has 0 aliphatic rings. The smallest absolute Gasteiger partial charge is 0.0268 e. The van der Waals surface area contributed by atoms with Crippen LogP contribution in [-0.4, -0.2) is 25.4 Å². The molecule has 0 amide bonds. The molecular formula is C12H20N2S. The summed E-state index contributed by atoms with van der Waals surface area (Å²) in [7, 11) is 0. The van der Waals surface area contributed by atoms with Crippen molar-refractivity contribution >= 4 is 11.9 Å². The van der Waals surface area contributed by atoms with Gasteiger partial charge in [0, 0.05) is 12.6 Å². The van der Waals surface area contributed by atoms with E-state index in [-0.39, 0.29) is 0 Å². The van der Waals surface area contributed by atoms with Gasteiger partial charge < -0.3 is 5.32 Å². The molecule has 1 rings (SSSR count). The minimum Gasteiger partial charge on any atom is -0.315 e. The van der Waals surface area contributed by atoms with Gasteiger partial charge in [0.25, 0.3) is 0 Å². The summed E-state index contributed by atoms with van der Waals surface area (Å²) in [5.41, 5.74) is 1.40. The Morgan fingerprint density at radius 3 is 2.67 bits per heavy atom. The molecule has 0 saturated heterocycles. The van der Waals surface area contributed by atoms with E-state index in [1.807, 2.05) is 0 Å². The van der Waals surface area contributed by atoms with E-state index >= 15 is 0 Å². The lowest BCUT2D eigenvalue weighted by atomic mass is 10.1. The molecule has 0 aromatic heterocycles. The third kappa shape index (κ3) is 5.82. The molecule has 0 heterocycles. The highest BCUT2D eigenvalue weighted by Gasteiger charge is 1.98. The zero-order valence-corrected chi connectivity index (χ0v) is 10.3. The van der Waals surface area contributed by atoms with Crippen LogP contribution in [0.1, 0.15) is 12.5 Å². The van der Waals surface area contributed by atoms with E-state index in [1.54, 1.807) is 11.9 Å². The quantitative estimate of drug-likeness (QED) is 0.548. The fourth-order valence-corrected chi connectivity index (χ4v) is 1.92. The molecule has 15 heavy (non-hydrogen) atoms. The van der Waals surface area contributed by atoms with Crippen LogP contribution in [0.4, 0.5) is 0 Å². The summed E-state index contributed by atoms with van der Waals surface area (Å²) in [5.74, 6) is 0. The van der Waals surface area contributed by atoms with Crippen LogP contribution in [0.2, 0.25) is 0 Å². The summed E-state index contributed by atoms with van der Waals surface area (Å²) >= 11 is 1.67. The maximum absolute atomic E-state index is 3.44. The van der Waals surface area contributed by atoms with Gasteiger partial charge >= 0.3 is 0 Å². The molecule has 0 saturated carbocycles. The lowest BCUT2D eigenvalue weighted by Gasteiger charge is -2.12. The van der Waals surface area contributed by atoms with E-state index in [2.05, 4.69) is 53.6 Å². The molecule has 0 unspecified atom stereocenters. The van der Waals surface area contributed by atoms with Crippen molar-refractivity contribution in [2.24, 2.45) is 0 Å². The molecule has 0 aliphatic carbocycles. The molecule has 1 aromatic carbocycles. The molecule has 3 heteroatoms. The zero-order valence-electron chi connectivity index (χ0n) is 9.49. The van der Waals surface area contributed by atoms with Crippen LogP contribution in [-0.2, 0) is 6.42 Å². The summed E-state index contributed by atoms with van der Waals surface area (Å²) < 4.78 is 3.30. The van der Waals surface area contributed by atoms with Gasteiger partial charge in [0.15, 0.2) is 0 Å². The van der Waals surface area contributed by atoms with Crippen molar-refractivity contribution in [1.29, 1.82) is 0 Å². The van der Waals surface area contributed by atoms with Gasteiger partial charge in [0.05, 0.1) is 0 Å². The zero-order chi connectivity index (χ0) is 10.9. The lowest BCUT2D eigenvalue weighted by molar-refractivity contribution is 0.586. The largest absolute Gasteiger partial charge is 0.315 e. The molecule has 84 valence electrons. The fourth-order valence-electron chi connectivity index (χ4n) is 1.44. The van der Waals surface area contributed by atoms with E-state index < -0.39 is 0 Å². The Kier molecular flexibility index (Phi) is 6.48. The first kappa shape index (κ1) is 12.6. The van der Waals surface area contributed by atoms with Crippen molar-refractivity contribution in [1.82, 2.24) is 10.0 Å². The number of benzene rings is 1. The molecule has 0 fully saturated rings. The maximum Gasteiger partial charge on any atom is 0.0268 e. The summed E-state index contributed by atoms with van der Waals surface area (Å²) in [6.07, 6.45) is 3.16. The molecule has 0 aliphatic heterocycles. The number of hydrogen-bond acceptors (Lipinski definition) is 3. The Hall–Kier alpha value is -0.510. The van der Waals surface area contributed by atoms with Crippen LogP contribution < -0.4 is 10.0 Å². The van der Waals surface area contributed by atoms with Crippen LogP contribution in [0, 0.1) is 0 Å². The second-order valence-corrected chi connectivity index (χ2v) is 4.31. The normalized spacial score (nSPS) is 12.7. The van der Waals surface area contributed by atoms with Crippen LogP contribution in [0.3, 0.4) is 0 Å². The summed E-state index contributed by atoms with van der Waals surface area (Å²) in [5, 5.41) is 3.44. The molecule has 1 aromatic rings. The topological polar surface area (TPSA) is 24.1 Å². The highest BCUT2D eigenvalue weighted by atomic mass is 32.2. The Labute approximate surface area is 97.0 Å². The average Bonchev–Trinajstić information content (AvgIpc) is 2.26. The predicted octanol–water partition coefficient (Wildman–Crippen LogP) is 2.07. The Balaban J connectivity index is 2.07. The highest BCUT2D eigenvalue weighted by molar-refractivity contribution is 7.96. The summed E-state index contributed by atoms with van der Waals surface area (Å²) in [6, 6.07) is 11.1. The van der Waals surface area contributed by atoms with Gasteiger partial charge in [-0.2, -0.15) is 0 Å². The van der Waals surface area contributed by atoms with Crippen molar-refractivity contribution in [2.75, 3.05) is 19.3 Å². The van der Waals surface area contributed by atoms with Gasteiger partial charge in [-0.15, -0.1) is 0 Å². The number of rotatable bonds is 7. The number of nitrogens with one attached hydrogen (secondary N) is 2. The Bertz CT molecular complexity index is 251. The van der Waals surface area contributed by atoms with E-state index in [1.165, 1.54) is 5.56 Å². The van der Waals surface area contributed by atoms with Crippen molar-refractivity contribution < 1.29 is 0 Å². The molecule has 2 nitrogen and oxygen atoms in total. The van der Waals surface area contributed by atoms with E-state index in [9.17, 15) is 0 Å². The summed E-state index contributed by atoms with van der Waals surface area (Å²) in [6.45, 7) is 4.25. The van der Waals surface area contributed by atoms with E-state index in [4.69, 9.17) is 0 Å². The van der Waals surface area contributed by atoms with Gasteiger partial charge in [-0.3, -0.25) is 4.72 Å². The first-order chi connectivity index (χ1) is 7.33. The first-order valence-electron chi connectivity index (χ1n) is 5.36. The van der Waals surface area contributed by atoms with Crippen LogP contribution in [0.25, 0.3) is 0 Å². The van der Waals surface area contributed by atoms with Gasteiger partial charge in [0.2, 0.25) is 0 Å². The molecule has 2 N–H and O–H groups in total. The minimum atomic E-state index is 0.524. The van der Waals surface area contributed by atoms with Crippen LogP contribution in [0.15, 0.2) is 30.3 Å². The van der Waals surface area contributed by atoms with Gasteiger partial charge in [-0.05, 0) is 31.7 Å². The first-order valence-corrected chi connectivity index (χ1v) is 6.58. The third-order valence-corrected chi connectivity index (χ3v) is 2.84. The predicted molar refractivity (Wildman–Crippen MR) is 69.1 cm³/mol. The van der Waals surface area contributed by atoms with E-state index in [0.29, 0.717) is 6.04 Å². The molecule has 0 spiro atoms. The highest BCUT2D eigenvalue weighted by Crippen LogP contribution is 1.98. The van der Waals surface area contributed by atoms with Crippen LogP contribution in [0.5, 0.6) is 0 Å². The van der Waals surface area contributed by atoms with Crippen LogP contribution >= 0.6 is 11.9 Å². The minimum absolute atomic E-state index is 0.524. The second kappa shape index (κ2) is 7.74. The Morgan fingerprint density at radius 1 is 1.27 bits per heavy atom. The molecule has 0 radical (unpaired) electrons.